The zero-order valence-corrected chi connectivity index (χ0v) is 13.5. The molecule has 2 aromatic rings. The van der Waals surface area contributed by atoms with Crippen molar-refractivity contribution >= 4 is 5.97 Å². The molecule has 0 saturated heterocycles. The van der Waals surface area contributed by atoms with Gasteiger partial charge < -0.3 is 4.74 Å². The Morgan fingerprint density at radius 3 is 2.61 bits per heavy atom. The third-order valence-electron chi connectivity index (χ3n) is 3.42. The number of nitriles is 1. The van der Waals surface area contributed by atoms with E-state index < -0.39 is 0 Å². The molecule has 2 rings (SSSR count). The van der Waals surface area contributed by atoms with Crippen molar-refractivity contribution in [2.75, 3.05) is 6.61 Å². The van der Waals surface area contributed by atoms with Crippen molar-refractivity contribution < 1.29 is 9.53 Å². The molecule has 0 radical (unpaired) electrons. The van der Waals surface area contributed by atoms with Crippen LogP contribution in [0.25, 0.3) is 5.69 Å². The maximum absolute atomic E-state index is 11.8. The van der Waals surface area contributed by atoms with Gasteiger partial charge in [-0.05, 0) is 43.5 Å². The fourth-order valence-corrected chi connectivity index (χ4v) is 2.18. The van der Waals surface area contributed by atoms with Crippen LogP contribution >= 0.6 is 0 Å². The van der Waals surface area contributed by atoms with Gasteiger partial charge in [0.1, 0.15) is 6.07 Å². The van der Waals surface area contributed by atoms with Crippen LogP contribution in [-0.2, 0) is 11.2 Å². The lowest BCUT2D eigenvalue weighted by Gasteiger charge is -2.07. The standard InChI is InChI=1S/C17H20N4O2/c1-3-5-6-16-15(12-18)19-20-21(16)14-9-7-13(8-10-14)17(22)23-11-4-2/h7-10H,3-6,11H2,1-2H3. The molecule has 0 aliphatic carbocycles. The first-order valence-electron chi connectivity index (χ1n) is 7.83. The molecular formula is C17H20N4O2. The van der Waals surface area contributed by atoms with Gasteiger partial charge in [0.25, 0.3) is 0 Å². The first kappa shape index (κ1) is 16.7. The molecule has 0 bridgehead atoms. The minimum atomic E-state index is -0.332. The number of hydrogen-bond acceptors (Lipinski definition) is 5. The summed E-state index contributed by atoms with van der Waals surface area (Å²) < 4.78 is 6.77. The number of carbonyl (C=O) groups excluding carboxylic acids is 1. The molecule has 0 spiro atoms. The summed E-state index contributed by atoms with van der Waals surface area (Å²) in [6.07, 6.45) is 3.52. The molecule has 1 aromatic carbocycles. The summed E-state index contributed by atoms with van der Waals surface area (Å²) in [6.45, 7) is 4.46. The molecule has 6 heteroatoms. The molecule has 23 heavy (non-hydrogen) atoms. The number of carbonyl (C=O) groups is 1. The Morgan fingerprint density at radius 1 is 1.26 bits per heavy atom. The van der Waals surface area contributed by atoms with Gasteiger partial charge in [0, 0.05) is 0 Å². The zero-order valence-electron chi connectivity index (χ0n) is 13.5. The second kappa shape index (κ2) is 8.08. The molecule has 1 aromatic heterocycles. The average Bonchev–Trinajstić information content (AvgIpc) is 3.00. The summed E-state index contributed by atoms with van der Waals surface area (Å²) >= 11 is 0. The van der Waals surface area contributed by atoms with E-state index in [1.165, 1.54) is 0 Å². The average molecular weight is 312 g/mol. The van der Waals surface area contributed by atoms with Crippen LogP contribution in [0.2, 0.25) is 0 Å². The molecule has 6 nitrogen and oxygen atoms in total. The number of rotatable bonds is 7. The molecular weight excluding hydrogens is 292 g/mol. The number of nitrogens with zero attached hydrogens (tertiary/aromatic N) is 4. The Morgan fingerprint density at radius 2 is 2.00 bits per heavy atom. The van der Waals surface area contributed by atoms with Crippen LogP contribution in [0, 0.1) is 11.3 Å². The molecule has 1 heterocycles. The molecule has 0 unspecified atom stereocenters. The van der Waals surface area contributed by atoms with Gasteiger partial charge in [0.2, 0.25) is 0 Å². The molecule has 0 atom stereocenters. The van der Waals surface area contributed by atoms with Crippen molar-refractivity contribution in [3.05, 3.63) is 41.2 Å². The molecule has 0 aliphatic rings. The van der Waals surface area contributed by atoms with E-state index in [1.54, 1.807) is 28.9 Å². The van der Waals surface area contributed by atoms with Crippen LogP contribution in [0.5, 0.6) is 0 Å². The van der Waals surface area contributed by atoms with Crippen LogP contribution in [0.15, 0.2) is 24.3 Å². The highest BCUT2D eigenvalue weighted by Gasteiger charge is 2.14. The Balaban J connectivity index is 2.24. The lowest BCUT2D eigenvalue weighted by Crippen LogP contribution is -2.07. The Kier molecular flexibility index (Phi) is 5.87. The molecule has 120 valence electrons. The van der Waals surface area contributed by atoms with E-state index in [2.05, 4.69) is 23.3 Å². The Bertz CT molecular complexity index is 698. The number of hydrogen-bond donors (Lipinski definition) is 0. The second-order valence-corrected chi connectivity index (χ2v) is 5.19. The Hall–Kier alpha value is -2.68. The maximum Gasteiger partial charge on any atom is 0.338 e. The number of benzene rings is 1. The highest BCUT2D eigenvalue weighted by molar-refractivity contribution is 5.89. The van der Waals surface area contributed by atoms with E-state index in [4.69, 9.17) is 10.00 Å². The summed E-state index contributed by atoms with van der Waals surface area (Å²) in [6, 6.07) is 9.05. The minimum Gasteiger partial charge on any atom is -0.462 e. The smallest absolute Gasteiger partial charge is 0.338 e. The van der Waals surface area contributed by atoms with Crippen LogP contribution in [0.3, 0.4) is 0 Å². The van der Waals surface area contributed by atoms with Gasteiger partial charge in [-0.3, -0.25) is 0 Å². The minimum absolute atomic E-state index is 0.332. The summed E-state index contributed by atoms with van der Waals surface area (Å²) in [7, 11) is 0. The van der Waals surface area contributed by atoms with Crippen LogP contribution in [0.4, 0.5) is 0 Å². The van der Waals surface area contributed by atoms with Gasteiger partial charge >= 0.3 is 5.97 Å². The van der Waals surface area contributed by atoms with Gasteiger partial charge in [-0.25, -0.2) is 9.48 Å². The molecule has 0 N–H and O–H groups in total. The van der Waals surface area contributed by atoms with E-state index in [0.29, 0.717) is 17.9 Å². The third kappa shape index (κ3) is 3.95. The first-order valence-corrected chi connectivity index (χ1v) is 7.83. The van der Waals surface area contributed by atoms with Crippen molar-refractivity contribution in [2.45, 2.75) is 39.5 Å². The number of ether oxygens (including phenoxy) is 1. The number of esters is 1. The van der Waals surface area contributed by atoms with E-state index in [9.17, 15) is 4.79 Å². The first-order chi connectivity index (χ1) is 11.2. The van der Waals surface area contributed by atoms with E-state index in [-0.39, 0.29) is 5.97 Å². The monoisotopic (exact) mass is 312 g/mol. The lowest BCUT2D eigenvalue weighted by atomic mass is 10.1. The predicted molar refractivity (Wildman–Crippen MR) is 85.3 cm³/mol. The van der Waals surface area contributed by atoms with Gasteiger partial charge in [0.05, 0.1) is 23.6 Å². The molecule has 0 fully saturated rings. The van der Waals surface area contributed by atoms with Crippen molar-refractivity contribution in [2.24, 2.45) is 0 Å². The van der Waals surface area contributed by atoms with Crippen LogP contribution in [-0.4, -0.2) is 27.6 Å². The fraction of sp³-hybridized carbons (Fsp3) is 0.412. The van der Waals surface area contributed by atoms with E-state index in [0.717, 1.165) is 37.1 Å². The quantitative estimate of drug-likeness (QED) is 0.734. The van der Waals surface area contributed by atoms with Gasteiger partial charge in [-0.2, -0.15) is 5.26 Å². The SMILES string of the molecule is CCCCc1c(C#N)nnn1-c1ccc(C(=O)OCCC)cc1. The van der Waals surface area contributed by atoms with Crippen molar-refractivity contribution in [3.63, 3.8) is 0 Å². The van der Waals surface area contributed by atoms with Gasteiger partial charge in [0.15, 0.2) is 5.69 Å². The number of unbranched alkanes of at least 4 members (excludes halogenated alkanes) is 1. The summed E-state index contributed by atoms with van der Waals surface area (Å²) in [5.74, 6) is -0.332. The molecule has 0 saturated carbocycles. The Labute approximate surface area is 135 Å². The highest BCUT2D eigenvalue weighted by Crippen LogP contribution is 2.16. The second-order valence-electron chi connectivity index (χ2n) is 5.19. The maximum atomic E-state index is 11.8. The summed E-state index contributed by atoms with van der Waals surface area (Å²) in [5, 5.41) is 17.1. The topological polar surface area (TPSA) is 80.8 Å². The van der Waals surface area contributed by atoms with Crippen molar-refractivity contribution in [3.8, 4) is 11.8 Å². The highest BCUT2D eigenvalue weighted by atomic mass is 16.5. The van der Waals surface area contributed by atoms with Crippen LogP contribution < -0.4 is 0 Å². The van der Waals surface area contributed by atoms with Crippen LogP contribution in [0.1, 0.15) is 54.9 Å². The molecule has 0 amide bonds. The van der Waals surface area contributed by atoms with E-state index in [1.807, 2.05) is 6.92 Å². The lowest BCUT2D eigenvalue weighted by molar-refractivity contribution is 0.0505. The summed E-state index contributed by atoms with van der Waals surface area (Å²) in [4.78, 5) is 11.8. The number of aromatic nitrogens is 3. The summed E-state index contributed by atoms with van der Waals surface area (Å²) in [5.41, 5.74) is 2.43. The fourth-order valence-electron chi connectivity index (χ4n) is 2.18. The normalized spacial score (nSPS) is 10.3. The predicted octanol–water partition coefficient (Wildman–Crippen LogP) is 3.05. The van der Waals surface area contributed by atoms with Gasteiger partial charge in [-0.15, -0.1) is 5.10 Å². The zero-order chi connectivity index (χ0) is 16.7. The van der Waals surface area contributed by atoms with Gasteiger partial charge in [-0.1, -0.05) is 25.5 Å². The largest absolute Gasteiger partial charge is 0.462 e. The van der Waals surface area contributed by atoms with E-state index >= 15 is 0 Å². The molecule has 0 aliphatic heterocycles. The van der Waals surface area contributed by atoms with Crippen molar-refractivity contribution in [1.29, 1.82) is 5.26 Å². The third-order valence-corrected chi connectivity index (χ3v) is 3.42. The van der Waals surface area contributed by atoms with Crippen molar-refractivity contribution in [1.82, 2.24) is 15.0 Å².